The van der Waals surface area contributed by atoms with Crippen molar-refractivity contribution in [2.45, 2.75) is 13.3 Å². The third-order valence-electron chi connectivity index (χ3n) is 3.43. The SMILES string of the molecule is CC(=C[c-]1cccc1)C[c-]1cccc1.[Fe+2].[Fe+2].c1cc[cH-]c1.c1cc[cH-]c1. The third-order valence-corrected chi connectivity index (χ3v) is 3.43. The van der Waals surface area contributed by atoms with Crippen molar-refractivity contribution < 1.29 is 34.1 Å². The van der Waals surface area contributed by atoms with Gasteiger partial charge >= 0.3 is 34.1 Å². The van der Waals surface area contributed by atoms with Crippen LogP contribution in [0.25, 0.3) is 6.08 Å². The summed E-state index contributed by atoms with van der Waals surface area (Å²) in [7, 11) is 0. The summed E-state index contributed by atoms with van der Waals surface area (Å²) in [5, 5.41) is 0. The van der Waals surface area contributed by atoms with E-state index in [4.69, 9.17) is 0 Å². The second kappa shape index (κ2) is 15.4. The van der Waals surface area contributed by atoms with E-state index >= 15 is 0 Å². The first kappa shape index (κ1) is 24.2. The summed E-state index contributed by atoms with van der Waals surface area (Å²) < 4.78 is 0. The van der Waals surface area contributed by atoms with Crippen LogP contribution < -0.4 is 0 Å². The Labute approximate surface area is 179 Å². The van der Waals surface area contributed by atoms with Gasteiger partial charge in [-0.3, -0.25) is 0 Å². The molecule has 0 fully saturated rings. The van der Waals surface area contributed by atoms with Crippen molar-refractivity contribution in [3.05, 3.63) is 126 Å². The van der Waals surface area contributed by atoms with Gasteiger partial charge in [-0.25, -0.2) is 36.4 Å². The molecule has 4 aromatic carbocycles. The van der Waals surface area contributed by atoms with Crippen molar-refractivity contribution in [1.29, 1.82) is 0 Å². The zero-order chi connectivity index (χ0) is 16.9. The molecule has 4 rings (SSSR count). The van der Waals surface area contributed by atoms with Crippen LogP contribution in [0.1, 0.15) is 18.1 Å². The molecular weight excluding hydrogens is 400 g/mol. The Kier molecular flexibility index (Phi) is 14.4. The Morgan fingerprint density at radius 2 is 1.12 bits per heavy atom. The Balaban J connectivity index is 0.000000432. The summed E-state index contributed by atoms with van der Waals surface area (Å²) in [5.74, 6) is 0. The second-order valence-electron chi connectivity index (χ2n) is 5.60. The molecule has 0 bridgehead atoms. The summed E-state index contributed by atoms with van der Waals surface area (Å²) in [5.41, 5.74) is 4.10. The first-order valence-electron chi connectivity index (χ1n) is 8.27. The molecule has 0 radical (unpaired) electrons. The van der Waals surface area contributed by atoms with Crippen LogP contribution in [0.5, 0.6) is 0 Å². The largest absolute Gasteiger partial charge is 2.00 e. The van der Waals surface area contributed by atoms with E-state index in [-0.39, 0.29) is 34.1 Å². The third kappa shape index (κ3) is 10.9. The van der Waals surface area contributed by atoms with Gasteiger partial charge in [0, 0.05) is 0 Å². The van der Waals surface area contributed by atoms with Crippen LogP contribution in [0.4, 0.5) is 0 Å². The van der Waals surface area contributed by atoms with Gasteiger partial charge in [-0.1, -0.05) is 13.3 Å². The van der Waals surface area contributed by atoms with Crippen molar-refractivity contribution in [3.8, 4) is 0 Å². The molecule has 0 nitrogen and oxygen atoms in total. The summed E-state index contributed by atoms with van der Waals surface area (Å²) in [4.78, 5) is 0. The first-order chi connectivity index (χ1) is 11.8. The molecule has 0 saturated carbocycles. The Bertz CT molecular complexity index is 665. The van der Waals surface area contributed by atoms with Gasteiger partial charge < -0.3 is 0 Å². The van der Waals surface area contributed by atoms with Gasteiger partial charge in [-0.15, -0.1) is 29.3 Å². The van der Waals surface area contributed by atoms with Crippen molar-refractivity contribution in [1.82, 2.24) is 0 Å². The normalized spacial score (nSPS) is 9.50. The Morgan fingerprint density at radius 1 is 0.692 bits per heavy atom. The van der Waals surface area contributed by atoms with E-state index in [0.29, 0.717) is 0 Å². The van der Waals surface area contributed by atoms with E-state index in [0.717, 1.165) is 6.42 Å². The van der Waals surface area contributed by atoms with Crippen LogP contribution >= 0.6 is 0 Å². The molecule has 0 unspecified atom stereocenters. The molecule has 2 heteroatoms. The molecule has 4 aromatic rings. The molecule has 0 atom stereocenters. The van der Waals surface area contributed by atoms with Gasteiger partial charge in [0.25, 0.3) is 0 Å². The maximum atomic E-state index is 2.24. The van der Waals surface area contributed by atoms with Crippen molar-refractivity contribution >= 4 is 6.08 Å². The van der Waals surface area contributed by atoms with Gasteiger partial charge in [0.2, 0.25) is 0 Å². The minimum atomic E-state index is 0. The predicted molar refractivity (Wildman–Crippen MR) is 105 cm³/mol. The molecule has 0 aliphatic carbocycles. The number of rotatable bonds is 3. The summed E-state index contributed by atoms with van der Waals surface area (Å²) in [6.07, 6.45) is 3.30. The number of hydrogen-bond acceptors (Lipinski definition) is 0. The topological polar surface area (TPSA) is 0 Å². The zero-order valence-corrected chi connectivity index (χ0v) is 17.1. The molecule has 0 saturated heterocycles. The van der Waals surface area contributed by atoms with Gasteiger partial charge in [0.15, 0.2) is 0 Å². The number of allylic oxidation sites excluding steroid dienone is 1. The maximum Gasteiger partial charge on any atom is 2.00 e. The van der Waals surface area contributed by atoms with Crippen molar-refractivity contribution in [2.75, 3.05) is 0 Å². The van der Waals surface area contributed by atoms with Gasteiger partial charge in [0.1, 0.15) is 0 Å². The minimum absolute atomic E-state index is 0. The van der Waals surface area contributed by atoms with E-state index in [1.54, 1.807) is 0 Å². The minimum Gasteiger partial charge on any atom is -0.214 e. The van der Waals surface area contributed by atoms with Crippen LogP contribution in [0.2, 0.25) is 0 Å². The molecule has 0 spiro atoms. The van der Waals surface area contributed by atoms with E-state index in [2.05, 4.69) is 61.5 Å². The molecule has 0 N–H and O–H groups in total. The fourth-order valence-electron chi connectivity index (χ4n) is 2.32. The van der Waals surface area contributed by atoms with E-state index in [1.807, 2.05) is 60.7 Å². The van der Waals surface area contributed by atoms with E-state index in [9.17, 15) is 0 Å². The monoisotopic (exact) mass is 424 g/mol. The maximum absolute atomic E-state index is 2.24. The van der Waals surface area contributed by atoms with Crippen LogP contribution in [0.15, 0.2) is 115 Å². The molecule has 0 heterocycles. The van der Waals surface area contributed by atoms with Gasteiger partial charge in [-0.2, -0.15) is 66.2 Å². The Morgan fingerprint density at radius 3 is 1.50 bits per heavy atom. The molecule has 136 valence electrons. The van der Waals surface area contributed by atoms with Crippen molar-refractivity contribution in [2.24, 2.45) is 0 Å². The number of hydrogen-bond donors (Lipinski definition) is 0. The van der Waals surface area contributed by atoms with Crippen LogP contribution in [-0.4, -0.2) is 0 Å². The van der Waals surface area contributed by atoms with Crippen LogP contribution in [0, 0.1) is 0 Å². The summed E-state index contributed by atoms with van der Waals surface area (Å²) in [6.45, 7) is 2.18. The first-order valence-corrected chi connectivity index (χ1v) is 8.27. The van der Waals surface area contributed by atoms with Crippen LogP contribution in [0.3, 0.4) is 0 Å². The molecule has 26 heavy (non-hydrogen) atoms. The fraction of sp³-hybridized carbons (Fsp3) is 0.0833. The average Bonchev–Trinajstić information content (AvgIpc) is 3.35. The molecule has 0 aliphatic rings. The van der Waals surface area contributed by atoms with Gasteiger partial charge in [-0.05, 0) is 0 Å². The predicted octanol–water partition coefficient (Wildman–Crippen LogP) is 6.58. The molecule has 0 amide bonds. The molecule has 0 aromatic heterocycles. The second-order valence-corrected chi connectivity index (χ2v) is 5.60. The van der Waals surface area contributed by atoms with Crippen LogP contribution in [-0.2, 0) is 40.6 Å². The van der Waals surface area contributed by atoms with Crippen molar-refractivity contribution in [3.63, 3.8) is 0 Å². The summed E-state index contributed by atoms with van der Waals surface area (Å²) >= 11 is 0. The smallest absolute Gasteiger partial charge is 0.214 e. The van der Waals surface area contributed by atoms with Gasteiger partial charge in [0.05, 0.1) is 0 Å². The Hall–Kier alpha value is -1.82. The average molecular weight is 424 g/mol. The quantitative estimate of drug-likeness (QED) is 0.258. The molecular formula is C24H24Fe2. The standard InChI is InChI=1S/C14H14.2C5H5.2Fe/c1-12(10-13-6-2-3-7-13)11-14-8-4-5-9-14;2*1-2-4-5-3-1;;/h2-10H,11H2,1H3;2*1-5H;;/q-2;2*-1;2*+2. The fourth-order valence-corrected chi connectivity index (χ4v) is 2.32. The van der Waals surface area contributed by atoms with E-state index < -0.39 is 0 Å². The zero-order valence-electron chi connectivity index (χ0n) is 14.9. The summed E-state index contributed by atoms with van der Waals surface area (Å²) in [6, 6.07) is 36.9. The molecule has 0 aliphatic heterocycles. The van der Waals surface area contributed by atoms with E-state index in [1.165, 1.54) is 16.7 Å².